The van der Waals surface area contributed by atoms with E-state index in [9.17, 15) is 13.2 Å². The fourth-order valence-corrected chi connectivity index (χ4v) is 2.20. The first kappa shape index (κ1) is 12.4. The molecule has 5 heteroatoms. The van der Waals surface area contributed by atoms with Gasteiger partial charge in [0.15, 0.2) is 17.5 Å². The molecule has 17 heavy (non-hydrogen) atoms. The van der Waals surface area contributed by atoms with Gasteiger partial charge in [0, 0.05) is 12.1 Å². The van der Waals surface area contributed by atoms with Crippen molar-refractivity contribution in [3.63, 3.8) is 0 Å². The average molecular weight is 245 g/mol. The highest BCUT2D eigenvalue weighted by Gasteiger charge is 2.23. The van der Waals surface area contributed by atoms with Crippen LogP contribution in [0.2, 0.25) is 0 Å². The fourth-order valence-electron chi connectivity index (χ4n) is 2.20. The number of aliphatic hydroxyl groups is 1. The summed E-state index contributed by atoms with van der Waals surface area (Å²) >= 11 is 0. The number of hydrogen-bond donors (Lipinski definition) is 2. The number of benzene rings is 1. The fraction of sp³-hybridized carbons (Fsp3) is 0.500. The number of hydrogen-bond acceptors (Lipinski definition) is 2. The lowest BCUT2D eigenvalue weighted by molar-refractivity contribution is 0.198. The Morgan fingerprint density at radius 1 is 1.18 bits per heavy atom. The molecule has 1 aromatic rings. The Balaban J connectivity index is 2.22. The van der Waals surface area contributed by atoms with Crippen LogP contribution in [0.3, 0.4) is 0 Å². The second-order valence-electron chi connectivity index (χ2n) is 4.33. The Hall–Kier alpha value is -1.07. The molecular weight excluding hydrogens is 231 g/mol. The van der Waals surface area contributed by atoms with E-state index in [2.05, 4.69) is 5.32 Å². The molecule has 0 spiro atoms. The molecule has 0 aliphatic carbocycles. The van der Waals surface area contributed by atoms with E-state index in [1.54, 1.807) is 0 Å². The third-order valence-corrected chi connectivity index (χ3v) is 3.11. The summed E-state index contributed by atoms with van der Waals surface area (Å²) in [5, 5.41) is 12.1. The molecule has 1 aliphatic heterocycles. The molecule has 1 aliphatic rings. The van der Waals surface area contributed by atoms with Crippen molar-refractivity contribution >= 4 is 0 Å². The van der Waals surface area contributed by atoms with Crippen LogP contribution in [0.1, 0.15) is 30.9 Å². The van der Waals surface area contributed by atoms with Gasteiger partial charge in [-0.25, -0.2) is 13.2 Å². The summed E-state index contributed by atoms with van der Waals surface area (Å²) in [6.07, 6.45) is 2.42. The molecule has 2 nitrogen and oxygen atoms in total. The van der Waals surface area contributed by atoms with Crippen LogP contribution in [-0.2, 0) is 0 Å². The summed E-state index contributed by atoms with van der Waals surface area (Å²) < 4.78 is 39.0. The molecule has 2 N–H and O–H groups in total. The van der Waals surface area contributed by atoms with Crippen molar-refractivity contribution in [2.45, 2.75) is 31.3 Å². The summed E-state index contributed by atoms with van der Waals surface area (Å²) in [6.45, 7) is -0.0113. The van der Waals surface area contributed by atoms with Crippen molar-refractivity contribution in [3.8, 4) is 0 Å². The Kier molecular flexibility index (Phi) is 3.69. The quantitative estimate of drug-likeness (QED) is 0.783. The zero-order valence-corrected chi connectivity index (χ0v) is 9.22. The molecule has 0 radical (unpaired) electrons. The van der Waals surface area contributed by atoms with Crippen molar-refractivity contribution in [1.29, 1.82) is 0 Å². The van der Waals surface area contributed by atoms with E-state index in [1.807, 2.05) is 0 Å². The molecule has 1 heterocycles. The molecule has 1 aromatic carbocycles. The maximum absolute atomic E-state index is 13.1. The van der Waals surface area contributed by atoms with Crippen LogP contribution >= 0.6 is 0 Å². The highest BCUT2D eigenvalue weighted by atomic mass is 19.2. The highest BCUT2D eigenvalue weighted by Crippen LogP contribution is 2.27. The van der Waals surface area contributed by atoms with Gasteiger partial charge in [-0.1, -0.05) is 0 Å². The van der Waals surface area contributed by atoms with Gasteiger partial charge in [-0.05, 0) is 37.0 Å². The summed E-state index contributed by atoms with van der Waals surface area (Å²) in [6, 6.07) is 1.72. The molecule has 0 bridgehead atoms. The normalized spacial score (nSPS) is 24.9. The van der Waals surface area contributed by atoms with Crippen LogP contribution in [0, 0.1) is 17.5 Å². The van der Waals surface area contributed by atoms with Gasteiger partial charge in [0.25, 0.3) is 0 Å². The zero-order chi connectivity index (χ0) is 12.4. The summed E-state index contributed by atoms with van der Waals surface area (Å²) in [5.41, 5.74) is 0.388. The molecular formula is C12H14F3NO. The molecule has 2 rings (SSSR count). The molecule has 94 valence electrons. The van der Waals surface area contributed by atoms with E-state index in [-0.39, 0.29) is 18.7 Å². The smallest absolute Gasteiger partial charge is 0.194 e. The Morgan fingerprint density at radius 2 is 1.82 bits per heavy atom. The van der Waals surface area contributed by atoms with E-state index in [0.29, 0.717) is 5.56 Å². The van der Waals surface area contributed by atoms with Gasteiger partial charge in [-0.2, -0.15) is 0 Å². The van der Waals surface area contributed by atoms with Crippen LogP contribution in [0.25, 0.3) is 0 Å². The third kappa shape index (κ3) is 2.61. The van der Waals surface area contributed by atoms with Crippen LogP contribution < -0.4 is 5.32 Å². The summed E-state index contributed by atoms with van der Waals surface area (Å²) in [5.74, 6) is -3.79. The minimum Gasteiger partial charge on any atom is -0.395 e. The van der Waals surface area contributed by atoms with Crippen molar-refractivity contribution in [2.75, 3.05) is 6.61 Å². The lowest BCUT2D eigenvalue weighted by Crippen LogP contribution is -2.39. The maximum atomic E-state index is 13.1. The molecule has 0 amide bonds. The number of piperidine rings is 1. The van der Waals surface area contributed by atoms with Crippen LogP contribution in [-0.4, -0.2) is 17.8 Å². The van der Waals surface area contributed by atoms with Gasteiger partial charge in [0.1, 0.15) is 0 Å². The first-order valence-electron chi connectivity index (χ1n) is 5.63. The number of aliphatic hydroxyl groups excluding tert-OH is 1. The number of rotatable bonds is 2. The Labute approximate surface area is 97.5 Å². The molecule has 0 saturated carbocycles. The van der Waals surface area contributed by atoms with Crippen LogP contribution in [0.4, 0.5) is 13.2 Å². The van der Waals surface area contributed by atoms with Gasteiger partial charge in [-0.3, -0.25) is 0 Å². The first-order valence-corrected chi connectivity index (χ1v) is 5.63. The third-order valence-electron chi connectivity index (χ3n) is 3.11. The van der Waals surface area contributed by atoms with Gasteiger partial charge in [0.05, 0.1) is 6.61 Å². The molecule has 2 atom stereocenters. The monoisotopic (exact) mass is 245 g/mol. The van der Waals surface area contributed by atoms with Crippen molar-refractivity contribution in [2.24, 2.45) is 0 Å². The molecule has 0 aromatic heterocycles. The van der Waals surface area contributed by atoms with Crippen molar-refractivity contribution in [3.05, 3.63) is 35.1 Å². The Morgan fingerprint density at radius 3 is 2.41 bits per heavy atom. The van der Waals surface area contributed by atoms with Crippen LogP contribution in [0.15, 0.2) is 12.1 Å². The maximum Gasteiger partial charge on any atom is 0.194 e. The van der Waals surface area contributed by atoms with E-state index in [1.165, 1.54) is 0 Å². The average Bonchev–Trinajstić information content (AvgIpc) is 2.35. The number of nitrogens with one attached hydrogen (secondary N) is 1. The SMILES string of the molecule is OC[C@H]1CCC[C@@H](c2cc(F)c(F)c(F)c2)N1. The topological polar surface area (TPSA) is 32.3 Å². The largest absolute Gasteiger partial charge is 0.395 e. The predicted octanol–water partition coefficient (Wildman–Crippen LogP) is 2.28. The van der Waals surface area contributed by atoms with Gasteiger partial charge in [-0.15, -0.1) is 0 Å². The summed E-state index contributed by atoms with van der Waals surface area (Å²) in [4.78, 5) is 0. The predicted molar refractivity (Wildman–Crippen MR) is 56.9 cm³/mol. The van der Waals surface area contributed by atoms with Crippen molar-refractivity contribution < 1.29 is 18.3 Å². The van der Waals surface area contributed by atoms with Gasteiger partial charge >= 0.3 is 0 Å². The van der Waals surface area contributed by atoms with Gasteiger partial charge in [0.2, 0.25) is 0 Å². The van der Waals surface area contributed by atoms with E-state index in [0.717, 1.165) is 31.4 Å². The molecule has 1 saturated heterocycles. The minimum absolute atomic E-state index is 0.0113. The second-order valence-corrected chi connectivity index (χ2v) is 4.33. The summed E-state index contributed by atoms with van der Waals surface area (Å²) in [7, 11) is 0. The lowest BCUT2D eigenvalue weighted by Gasteiger charge is -2.30. The van der Waals surface area contributed by atoms with E-state index < -0.39 is 17.5 Å². The minimum atomic E-state index is -1.44. The number of halogens is 3. The first-order chi connectivity index (χ1) is 8.11. The standard InChI is InChI=1S/C12H14F3NO/c13-9-4-7(5-10(14)12(9)15)11-3-1-2-8(6-17)16-11/h4-5,8,11,16-17H,1-3,6H2/t8-,11+/m1/s1. The van der Waals surface area contributed by atoms with E-state index in [4.69, 9.17) is 5.11 Å². The highest BCUT2D eigenvalue weighted by molar-refractivity contribution is 5.23. The second kappa shape index (κ2) is 5.06. The van der Waals surface area contributed by atoms with E-state index >= 15 is 0 Å². The lowest BCUT2D eigenvalue weighted by atomic mass is 9.93. The molecule has 0 unspecified atom stereocenters. The zero-order valence-electron chi connectivity index (χ0n) is 9.22. The van der Waals surface area contributed by atoms with Crippen LogP contribution in [0.5, 0.6) is 0 Å². The molecule has 1 fully saturated rings. The van der Waals surface area contributed by atoms with Crippen molar-refractivity contribution in [1.82, 2.24) is 5.32 Å². The van der Waals surface area contributed by atoms with Gasteiger partial charge < -0.3 is 10.4 Å². The Bertz CT molecular complexity index is 388.